The summed E-state index contributed by atoms with van der Waals surface area (Å²) < 4.78 is 15.7. The molecule has 0 aliphatic heterocycles. The van der Waals surface area contributed by atoms with E-state index in [2.05, 4.69) is 10.6 Å². The van der Waals surface area contributed by atoms with Crippen molar-refractivity contribution in [3.8, 4) is 16.9 Å². The summed E-state index contributed by atoms with van der Waals surface area (Å²) in [6.07, 6.45) is 0.607. The van der Waals surface area contributed by atoms with Crippen molar-refractivity contribution in [2.24, 2.45) is 7.05 Å². The number of halogens is 1. The van der Waals surface area contributed by atoms with E-state index in [9.17, 15) is 29.0 Å². The minimum atomic E-state index is -1.52. The number of aliphatic carboxylic acids is 1. The van der Waals surface area contributed by atoms with Gasteiger partial charge in [-0.15, -0.1) is 0 Å². The zero-order valence-corrected chi connectivity index (χ0v) is 23.3. The Balaban J connectivity index is 0.00000289. The van der Waals surface area contributed by atoms with Gasteiger partial charge in [0.05, 0.1) is 6.04 Å². The third kappa shape index (κ3) is 7.18. The molecule has 1 atom stereocenters. The molecule has 0 radical (unpaired) electrons. The van der Waals surface area contributed by atoms with Crippen LogP contribution >= 0.6 is 0 Å². The van der Waals surface area contributed by atoms with Gasteiger partial charge in [-0.3, -0.25) is 4.79 Å². The van der Waals surface area contributed by atoms with Crippen molar-refractivity contribution >= 4 is 17.7 Å². The van der Waals surface area contributed by atoms with Crippen LogP contribution in [-0.2, 0) is 11.8 Å². The van der Waals surface area contributed by atoms with E-state index in [1.54, 1.807) is 24.3 Å². The predicted molar refractivity (Wildman–Crippen MR) is 112 cm³/mol. The monoisotopic (exact) mass is 483 g/mol. The Bertz CT molecular complexity index is 1240. The van der Waals surface area contributed by atoms with Gasteiger partial charge in [-0.25, -0.2) is 9.18 Å². The van der Waals surface area contributed by atoms with Gasteiger partial charge in [0.25, 0.3) is 5.56 Å². The third-order valence-corrected chi connectivity index (χ3v) is 4.90. The number of carbonyl (C=O) groups excluding carboxylic acids is 2. The zero-order valence-electron chi connectivity index (χ0n) is 19.3. The van der Waals surface area contributed by atoms with Crippen LogP contribution in [0.2, 0.25) is 0 Å². The minimum absolute atomic E-state index is 0. The number of carbonyl (C=O) groups is 2. The maximum atomic E-state index is 14.6. The first-order valence-corrected chi connectivity index (χ1v) is 9.67. The molecule has 1 aromatic heterocycles. The molecule has 1 heterocycles. The molecule has 0 fully saturated rings. The normalized spacial score (nSPS) is 10.9. The van der Waals surface area contributed by atoms with Crippen LogP contribution in [0.5, 0.6) is 5.75 Å². The van der Waals surface area contributed by atoms with Crippen LogP contribution in [0.15, 0.2) is 59.5 Å². The minimum Gasteiger partial charge on any atom is -0.871 e. The molecule has 0 aliphatic rings. The summed E-state index contributed by atoms with van der Waals surface area (Å²) in [5.74, 6) is -2.92. The molecule has 11 heteroatoms. The number of nitrogens with one attached hydrogen (secondary N) is 2. The standard InChI is InChI=1S/C23H22FN3O5.2Na/c1-13-12-27(2)22(31)20(21(13)30)26-23(32)25-18(11-19(28)29)16-10-15(8-9-17(16)24)14-6-4-3-5-7-14;;/h3-10,12,18,30H,11H2,1-2H3,(H,28,29)(H2,25,26,32);;/q;2*+1/p-2/t18-;;/m0../s1. The van der Waals surface area contributed by atoms with Crippen LogP contribution in [0.1, 0.15) is 23.6 Å². The number of hydrogen-bond acceptors (Lipinski definition) is 5. The first-order valence-electron chi connectivity index (χ1n) is 9.67. The van der Waals surface area contributed by atoms with Gasteiger partial charge in [0.1, 0.15) is 11.5 Å². The van der Waals surface area contributed by atoms with Crippen molar-refractivity contribution < 1.29 is 83.3 Å². The number of pyridine rings is 1. The fourth-order valence-corrected chi connectivity index (χ4v) is 3.32. The summed E-state index contributed by atoms with van der Waals surface area (Å²) in [5, 5.41) is 28.0. The second-order valence-corrected chi connectivity index (χ2v) is 7.26. The van der Waals surface area contributed by atoms with Gasteiger partial charge in [-0.05, 0) is 35.7 Å². The van der Waals surface area contributed by atoms with Crippen molar-refractivity contribution in [1.29, 1.82) is 0 Å². The third-order valence-electron chi connectivity index (χ3n) is 4.90. The predicted octanol–water partition coefficient (Wildman–Crippen LogP) is -4.42. The summed E-state index contributed by atoms with van der Waals surface area (Å²) in [7, 11) is 1.42. The van der Waals surface area contributed by atoms with Gasteiger partial charge < -0.3 is 30.2 Å². The molecule has 0 aliphatic carbocycles. The van der Waals surface area contributed by atoms with E-state index in [1.807, 2.05) is 6.07 Å². The molecule has 2 aromatic carbocycles. The largest absolute Gasteiger partial charge is 1.00 e. The second-order valence-electron chi connectivity index (χ2n) is 7.26. The van der Waals surface area contributed by atoms with E-state index in [1.165, 1.54) is 38.4 Å². The van der Waals surface area contributed by atoms with Gasteiger partial charge in [0.2, 0.25) is 0 Å². The maximum Gasteiger partial charge on any atom is 1.00 e. The molecular weight excluding hydrogens is 463 g/mol. The number of aryl methyl sites for hydroxylation is 2. The topological polar surface area (TPSA) is 126 Å². The molecule has 0 bridgehead atoms. The Labute approximate surface area is 239 Å². The second kappa shape index (κ2) is 13.1. The molecule has 3 aromatic rings. The molecule has 0 saturated heterocycles. The average Bonchev–Trinajstić information content (AvgIpc) is 2.75. The van der Waals surface area contributed by atoms with Crippen LogP contribution < -0.4 is 85.5 Å². The Morgan fingerprint density at radius 1 is 1.09 bits per heavy atom. The molecule has 0 unspecified atom stereocenters. The number of urea groups is 1. The van der Waals surface area contributed by atoms with Gasteiger partial charge in [0, 0.05) is 31.2 Å². The molecule has 3 rings (SSSR count). The van der Waals surface area contributed by atoms with Crippen molar-refractivity contribution in [3.05, 3.63) is 82.0 Å². The number of hydrogen-bond donors (Lipinski definition) is 2. The molecule has 34 heavy (non-hydrogen) atoms. The first-order chi connectivity index (χ1) is 15.2. The van der Waals surface area contributed by atoms with Crippen LogP contribution in [0.4, 0.5) is 14.9 Å². The van der Waals surface area contributed by atoms with Crippen molar-refractivity contribution in [1.82, 2.24) is 9.88 Å². The number of carboxylic acid groups (broad SMARTS) is 1. The quantitative estimate of drug-likeness (QED) is 0.343. The average molecular weight is 483 g/mol. The number of amides is 2. The van der Waals surface area contributed by atoms with Crippen molar-refractivity contribution in [2.45, 2.75) is 19.4 Å². The fraction of sp³-hybridized carbons (Fsp3) is 0.174. The molecule has 2 amide bonds. The Morgan fingerprint density at radius 2 is 1.74 bits per heavy atom. The SMILES string of the molecule is Cc1cn(C)c(=O)c(NC(=O)N[C@@H](CC(=O)[O-])c2cc(-c3ccccc3)ccc2F)c1[O-].[Na+].[Na+]. The van der Waals surface area contributed by atoms with Crippen LogP contribution in [0.3, 0.4) is 0 Å². The summed E-state index contributed by atoms with van der Waals surface area (Å²) >= 11 is 0. The smallest absolute Gasteiger partial charge is 0.871 e. The molecule has 8 nitrogen and oxygen atoms in total. The zero-order chi connectivity index (χ0) is 23.4. The fourth-order valence-electron chi connectivity index (χ4n) is 3.32. The van der Waals surface area contributed by atoms with Gasteiger partial charge >= 0.3 is 65.1 Å². The van der Waals surface area contributed by atoms with E-state index >= 15 is 0 Å². The van der Waals surface area contributed by atoms with E-state index in [4.69, 9.17) is 0 Å². The summed E-state index contributed by atoms with van der Waals surface area (Å²) in [6.45, 7) is 1.48. The van der Waals surface area contributed by atoms with Crippen molar-refractivity contribution in [2.75, 3.05) is 5.32 Å². The van der Waals surface area contributed by atoms with E-state index < -0.39 is 47.3 Å². The molecule has 166 valence electrons. The molecule has 0 spiro atoms. The van der Waals surface area contributed by atoms with Gasteiger partial charge in [0.15, 0.2) is 0 Å². The number of aromatic nitrogens is 1. The first kappa shape index (κ1) is 29.9. The van der Waals surface area contributed by atoms with E-state index in [0.29, 0.717) is 5.56 Å². The Morgan fingerprint density at radius 3 is 2.35 bits per heavy atom. The summed E-state index contributed by atoms with van der Waals surface area (Å²) in [6, 6.07) is 10.8. The Hall–Kier alpha value is -2.14. The number of anilines is 1. The molecule has 2 N–H and O–H groups in total. The van der Waals surface area contributed by atoms with E-state index in [-0.39, 0.29) is 70.2 Å². The van der Waals surface area contributed by atoms with Crippen molar-refractivity contribution in [3.63, 3.8) is 0 Å². The van der Waals surface area contributed by atoms with Crippen LogP contribution in [0, 0.1) is 12.7 Å². The van der Waals surface area contributed by atoms with Crippen LogP contribution in [0.25, 0.3) is 11.1 Å². The van der Waals surface area contributed by atoms with E-state index in [0.717, 1.165) is 10.1 Å². The summed E-state index contributed by atoms with van der Waals surface area (Å²) in [5.41, 5.74) is 0.312. The summed E-state index contributed by atoms with van der Waals surface area (Å²) in [4.78, 5) is 36.0. The van der Waals surface area contributed by atoms with Crippen LogP contribution in [-0.4, -0.2) is 16.6 Å². The Kier molecular flexibility index (Phi) is 11.5. The molecular formula is C23H20FN3Na2O5. The number of benzene rings is 2. The maximum absolute atomic E-state index is 14.6. The van der Waals surface area contributed by atoms with Gasteiger partial charge in [-0.1, -0.05) is 42.1 Å². The number of carboxylic acids is 1. The van der Waals surface area contributed by atoms with Gasteiger partial charge in [-0.2, -0.15) is 0 Å². The molecule has 0 saturated carbocycles. The number of nitrogens with zero attached hydrogens (tertiary/aromatic N) is 1. The number of rotatable bonds is 6.